The van der Waals surface area contributed by atoms with Gasteiger partial charge in [-0.3, -0.25) is 9.59 Å². The van der Waals surface area contributed by atoms with Crippen molar-refractivity contribution in [2.24, 2.45) is 17.2 Å². The molecule has 0 heterocycles. The van der Waals surface area contributed by atoms with Crippen molar-refractivity contribution in [3.63, 3.8) is 0 Å². The highest BCUT2D eigenvalue weighted by molar-refractivity contribution is 6.06. The molecule has 150 valence electrons. The summed E-state index contributed by atoms with van der Waals surface area (Å²) in [6, 6.07) is 19.1. The third kappa shape index (κ3) is 4.47. The lowest BCUT2D eigenvalue weighted by Gasteiger charge is -2.41. The van der Waals surface area contributed by atoms with E-state index in [0.717, 1.165) is 11.4 Å². The fraction of sp³-hybridized carbons (Fsp3) is 0.182. The van der Waals surface area contributed by atoms with Gasteiger partial charge in [-0.15, -0.1) is 0 Å². The first-order valence-electron chi connectivity index (χ1n) is 9.35. The molecule has 7 nitrogen and oxygen atoms in total. The number of primary amides is 2. The molecule has 0 saturated carbocycles. The van der Waals surface area contributed by atoms with Crippen LogP contribution < -0.4 is 27.8 Å². The Morgan fingerprint density at radius 2 is 1.48 bits per heavy atom. The number of hydrogen-bond acceptors (Lipinski definition) is 5. The fourth-order valence-corrected chi connectivity index (χ4v) is 3.58. The summed E-state index contributed by atoms with van der Waals surface area (Å²) in [6.07, 6.45) is 2.28. The van der Waals surface area contributed by atoms with E-state index >= 15 is 0 Å². The minimum atomic E-state index is -0.769. The van der Waals surface area contributed by atoms with Gasteiger partial charge in [0.2, 0.25) is 11.8 Å². The molecule has 0 radical (unpaired) electrons. The average molecular weight is 391 g/mol. The summed E-state index contributed by atoms with van der Waals surface area (Å²) < 4.78 is 0. The number of anilines is 2. The molecule has 2 aromatic carbocycles. The van der Waals surface area contributed by atoms with E-state index in [-0.39, 0.29) is 17.6 Å². The first-order chi connectivity index (χ1) is 13.9. The lowest BCUT2D eigenvalue weighted by molar-refractivity contribution is -0.117. The van der Waals surface area contributed by atoms with Crippen LogP contribution in [0.2, 0.25) is 0 Å². The highest BCUT2D eigenvalue weighted by atomic mass is 16.2. The van der Waals surface area contributed by atoms with Gasteiger partial charge in [0, 0.05) is 34.6 Å². The number of carbonyl (C=O) groups excluding carboxylic acids is 2. The molecule has 29 heavy (non-hydrogen) atoms. The summed E-state index contributed by atoms with van der Waals surface area (Å²) in [6.45, 7) is 0.353. The Kier molecular flexibility index (Phi) is 5.99. The molecule has 1 aliphatic rings. The zero-order valence-corrected chi connectivity index (χ0v) is 16.0. The first kappa shape index (κ1) is 20.2. The molecule has 1 unspecified atom stereocenters. The van der Waals surface area contributed by atoms with Gasteiger partial charge in [0.05, 0.1) is 5.54 Å². The van der Waals surface area contributed by atoms with Crippen molar-refractivity contribution in [2.75, 3.05) is 17.2 Å². The predicted molar refractivity (Wildman–Crippen MR) is 115 cm³/mol. The molecule has 1 atom stereocenters. The summed E-state index contributed by atoms with van der Waals surface area (Å²) in [5.74, 6) is -1.38. The van der Waals surface area contributed by atoms with Crippen LogP contribution in [-0.2, 0) is 9.59 Å². The zero-order chi connectivity index (χ0) is 20.9. The molecule has 0 spiro atoms. The fourth-order valence-electron chi connectivity index (χ4n) is 3.58. The lowest BCUT2D eigenvalue weighted by atomic mass is 9.77. The second-order valence-electron chi connectivity index (χ2n) is 6.96. The van der Waals surface area contributed by atoms with Crippen molar-refractivity contribution in [1.29, 1.82) is 0 Å². The number of rotatable bonds is 8. The number of hydrogen-bond donors (Lipinski definition) is 5. The smallest absolute Gasteiger partial charge is 0.249 e. The minimum Gasteiger partial charge on any atom is -0.374 e. The highest BCUT2D eigenvalue weighted by Gasteiger charge is 2.41. The summed E-state index contributed by atoms with van der Waals surface area (Å²) in [5.41, 5.74) is 19.0. The quantitative estimate of drug-likeness (QED) is 0.468. The van der Waals surface area contributed by atoms with E-state index in [2.05, 4.69) is 10.6 Å². The van der Waals surface area contributed by atoms with Crippen LogP contribution in [0, 0.1) is 0 Å². The van der Waals surface area contributed by atoms with E-state index in [1.54, 1.807) is 6.08 Å². The largest absolute Gasteiger partial charge is 0.374 e. The SMILES string of the molecule is NCCC1(Nc2ccccc2)CC(C(N)=O)=C(C(N)=O)C=C1Nc1ccccc1. The summed E-state index contributed by atoms with van der Waals surface area (Å²) in [7, 11) is 0. The van der Waals surface area contributed by atoms with E-state index in [4.69, 9.17) is 17.2 Å². The second-order valence-corrected chi connectivity index (χ2v) is 6.96. The molecule has 3 rings (SSSR count). The van der Waals surface area contributed by atoms with Gasteiger partial charge in [0.1, 0.15) is 0 Å². The summed E-state index contributed by atoms with van der Waals surface area (Å²) >= 11 is 0. The van der Waals surface area contributed by atoms with Gasteiger partial charge in [-0.1, -0.05) is 36.4 Å². The Labute approximate surface area is 169 Å². The molecule has 0 saturated heterocycles. The van der Waals surface area contributed by atoms with Crippen LogP contribution in [0.5, 0.6) is 0 Å². The van der Waals surface area contributed by atoms with Crippen LogP contribution in [-0.4, -0.2) is 23.9 Å². The molecule has 0 fully saturated rings. The van der Waals surface area contributed by atoms with E-state index in [1.165, 1.54) is 0 Å². The molecule has 7 heteroatoms. The van der Waals surface area contributed by atoms with Crippen molar-refractivity contribution < 1.29 is 9.59 Å². The third-order valence-corrected chi connectivity index (χ3v) is 4.95. The minimum absolute atomic E-state index is 0.110. The molecular weight excluding hydrogens is 366 g/mol. The molecule has 1 aliphatic carbocycles. The van der Waals surface area contributed by atoms with Crippen LogP contribution in [0.4, 0.5) is 11.4 Å². The normalized spacial score (nSPS) is 18.7. The van der Waals surface area contributed by atoms with Crippen molar-refractivity contribution in [3.05, 3.63) is 83.6 Å². The van der Waals surface area contributed by atoms with Gasteiger partial charge in [0.25, 0.3) is 0 Å². The zero-order valence-electron chi connectivity index (χ0n) is 16.0. The Morgan fingerprint density at radius 3 is 2.00 bits per heavy atom. The van der Waals surface area contributed by atoms with Crippen LogP contribution in [0.25, 0.3) is 0 Å². The maximum Gasteiger partial charge on any atom is 0.249 e. The van der Waals surface area contributed by atoms with E-state index < -0.39 is 17.4 Å². The van der Waals surface area contributed by atoms with Gasteiger partial charge in [-0.05, 0) is 43.3 Å². The van der Waals surface area contributed by atoms with Crippen LogP contribution in [0.3, 0.4) is 0 Å². The molecule has 0 bridgehead atoms. The molecule has 2 amide bonds. The summed E-state index contributed by atoms with van der Waals surface area (Å²) in [4.78, 5) is 24.2. The lowest BCUT2D eigenvalue weighted by Crippen LogP contribution is -2.48. The van der Waals surface area contributed by atoms with Crippen LogP contribution in [0.1, 0.15) is 12.8 Å². The number of benzene rings is 2. The second kappa shape index (κ2) is 8.62. The standard InChI is InChI=1S/C22H25N5O2/c23-12-11-22(27-16-9-5-2-6-10-16)14-18(21(25)29)17(20(24)28)13-19(22)26-15-7-3-1-4-8-15/h1-10,13,26-27H,11-12,14,23H2,(H2,24,28)(H2,25,29). The number of para-hydroxylation sites is 2. The Balaban J connectivity index is 2.13. The highest BCUT2D eigenvalue weighted by Crippen LogP contribution is 2.38. The van der Waals surface area contributed by atoms with E-state index in [0.29, 0.717) is 18.7 Å². The van der Waals surface area contributed by atoms with Crippen LogP contribution in [0.15, 0.2) is 83.6 Å². The van der Waals surface area contributed by atoms with Gasteiger partial charge >= 0.3 is 0 Å². The molecule has 0 aromatic heterocycles. The number of nitrogens with two attached hydrogens (primary N) is 3. The van der Waals surface area contributed by atoms with Gasteiger partial charge in [-0.2, -0.15) is 0 Å². The predicted octanol–water partition coefficient (Wildman–Crippen LogP) is 1.85. The number of nitrogens with one attached hydrogen (secondary N) is 2. The maximum absolute atomic E-state index is 12.1. The van der Waals surface area contributed by atoms with Crippen molar-refractivity contribution in [1.82, 2.24) is 0 Å². The summed E-state index contributed by atoms with van der Waals surface area (Å²) in [5, 5.41) is 6.88. The molecule has 8 N–H and O–H groups in total. The Hall–Kier alpha value is -3.58. The van der Waals surface area contributed by atoms with Gasteiger partial charge < -0.3 is 27.8 Å². The Morgan fingerprint density at radius 1 is 0.897 bits per heavy atom. The third-order valence-electron chi connectivity index (χ3n) is 4.95. The van der Waals surface area contributed by atoms with Crippen molar-refractivity contribution in [2.45, 2.75) is 18.4 Å². The van der Waals surface area contributed by atoms with E-state index in [1.807, 2.05) is 60.7 Å². The number of amides is 2. The van der Waals surface area contributed by atoms with Gasteiger partial charge in [0.15, 0.2) is 0 Å². The first-order valence-corrected chi connectivity index (χ1v) is 9.35. The van der Waals surface area contributed by atoms with Gasteiger partial charge in [-0.25, -0.2) is 0 Å². The molecular formula is C22H25N5O2. The van der Waals surface area contributed by atoms with Crippen molar-refractivity contribution in [3.8, 4) is 0 Å². The maximum atomic E-state index is 12.1. The topological polar surface area (TPSA) is 136 Å². The van der Waals surface area contributed by atoms with Crippen molar-refractivity contribution >= 4 is 23.2 Å². The van der Waals surface area contributed by atoms with Crippen LogP contribution >= 0.6 is 0 Å². The monoisotopic (exact) mass is 391 g/mol. The number of carbonyl (C=O) groups is 2. The van der Waals surface area contributed by atoms with E-state index in [9.17, 15) is 9.59 Å². The average Bonchev–Trinajstić information content (AvgIpc) is 2.70. The molecule has 2 aromatic rings. The molecule has 0 aliphatic heterocycles. The Bertz CT molecular complexity index is 954.